The summed E-state index contributed by atoms with van der Waals surface area (Å²) in [7, 11) is 0. The Kier molecular flexibility index (Phi) is 3.42. The van der Waals surface area contributed by atoms with E-state index < -0.39 is 0 Å². The van der Waals surface area contributed by atoms with Crippen molar-refractivity contribution in [3.63, 3.8) is 0 Å². The van der Waals surface area contributed by atoms with Crippen molar-refractivity contribution in [2.45, 2.75) is 46.6 Å². The second-order valence-corrected chi connectivity index (χ2v) is 5.43. The zero-order valence-electron chi connectivity index (χ0n) is 11.1. The summed E-state index contributed by atoms with van der Waals surface area (Å²) in [6.45, 7) is 6.52. The first kappa shape index (κ1) is 12.7. The fourth-order valence-electron chi connectivity index (χ4n) is 2.26. The molecular formula is C14H18N2O2. The van der Waals surface area contributed by atoms with Crippen molar-refractivity contribution in [3.05, 3.63) is 17.0 Å². The number of fused-ring (bicyclic) bond motifs is 1. The zero-order chi connectivity index (χ0) is 13.2. The first-order chi connectivity index (χ1) is 8.52. The van der Waals surface area contributed by atoms with Crippen molar-refractivity contribution >= 4 is 5.91 Å². The molecule has 0 radical (unpaired) electrons. The van der Waals surface area contributed by atoms with Crippen LogP contribution in [-0.2, 0) is 24.2 Å². The van der Waals surface area contributed by atoms with Gasteiger partial charge >= 0.3 is 0 Å². The second-order valence-electron chi connectivity index (χ2n) is 5.43. The van der Waals surface area contributed by atoms with Gasteiger partial charge in [0.2, 0.25) is 0 Å². The van der Waals surface area contributed by atoms with Gasteiger partial charge in [0.15, 0.2) is 0 Å². The van der Waals surface area contributed by atoms with Crippen molar-refractivity contribution in [2.75, 3.05) is 0 Å². The third kappa shape index (κ3) is 2.73. The van der Waals surface area contributed by atoms with E-state index >= 15 is 0 Å². The van der Waals surface area contributed by atoms with E-state index in [1.807, 2.05) is 0 Å². The van der Waals surface area contributed by atoms with Gasteiger partial charge in [0.1, 0.15) is 11.5 Å². The highest BCUT2D eigenvalue weighted by molar-refractivity contribution is 5.93. The lowest BCUT2D eigenvalue weighted by atomic mass is 9.76. The van der Waals surface area contributed by atoms with Crippen LogP contribution < -0.4 is 5.32 Å². The molecule has 0 aromatic carbocycles. The van der Waals surface area contributed by atoms with Gasteiger partial charge in [-0.2, -0.15) is 0 Å². The molecule has 1 heterocycles. The van der Waals surface area contributed by atoms with Crippen LogP contribution in [0.1, 0.15) is 44.2 Å². The van der Waals surface area contributed by atoms with Crippen LogP contribution in [0.2, 0.25) is 0 Å². The Labute approximate surface area is 107 Å². The molecule has 1 N–H and O–H groups in total. The fraction of sp³-hybridized carbons (Fsp3) is 0.571. The SMILES string of the molecule is CC#CC(=O)NCc1noc2c1CC(C)(C)CC2. The van der Waals surface area contributed by atoms with Crippen LogP contribution in [0.3, 0.4) is 0 Å². The molecule has 1 aromatic rings. The van der Waals surface area contributed by atoms with Crippen LogP contribution in [-0.4, -0.2) is 11.1 Å². The monoisotopic (exact) mass is 246 g/mol. The highest BCUT2D eigenvalue weighted by atomic mass is 16.5. The van der Waals surface area contributed by atoms with E-state index in [0.717, 1.165) is 36.3 Å². The van der Waals surface area contributed by atoms with Gasteiger partial charge < -0.3 is 9.84 Å². The summed E-state index contributed by atoms with van der Waals surface area (Å²) in [6, 6.07) is 0. The van der Waals surface area contributed by atoms with E-state index in [1.165, 1.54) is 0 Å². The number of carbonyl (C=O) groups excluding carboxylic acids is 1. The molecule has 0 fully saturated rings. The van der Waals surface area contributed by atoms with Gasteiger partial charge in [-0.15, -0.1) is 0 Å². The third-order valence-corrected chi connectivity index (χ3v) is 3.29. The van der Waals surface area contributed by atoms with Crippen molar-refractivity contribution in [1.82, 2.24) is 10.5 Å². The van der Waals surface area contributed by atoms with Crippen molar-refractivity contribution in [3.8, 4) is 11.8 Å². The van der Waals surface area contributed by atoms with E-state index in [1.54, 1.807) is 6.92 Å². The maximum absolute atomic E-state index is 11.3. The Bertz CT molecular complexity index is 518. The van der Waals surface area contributed by atoms with Gasteiger partial charge in [-0.25, -0.2) is 0 Å². The minimum Gasteiger partial charge on any atom is -0.361 e. The maximum atomic E-state index is 11.3. The summed E-state index contributed by atoms with van der Waals surface area (Å²) in [4.78, 5) is 11.3. The number of nitrogens with zero attached hydrogens (tertiary/aromatic N) is 1. The summed E-state index contributed by atoms with van der Waals surface area (Å²) in [5, 5.41) is 6.79. The van der Waals surface area contributed by atoms with E-state index in [4.69, 9.17) is 4.52 Å². The van der Waals surface area contributed by atoms with Gasteiger partial charge in [-0.05, 0) is 31.1 Å². The van der Waals surface area contributed by atoms with Gasteiger partial charge in [0.05, 0.1) is 6.54 Å². The molecule has 1 aliphatic carbocycles. The van der Waals surface area contributed by atoms with Gasteiger partial charge in [0, 0.05) is 12.0 Å². The summed E-state index contributed by atoms with van der Waals surface area (Å²) in [5.41, 5.74) is 2.28. The second kappa shape index (κ2) is 4.85. The average molecular weight is 246 g/mol. The lowest BCUT2D eigenvalue weighted by molar-refractivity contribution is -0.115. The van der Waals surface area contributed by atoms with E-state index in [0.29, 0.717) is 6.54 Å². The predicted octanol–water partition coefficient (Wildman–Crippen LogP) is 1.83. The van der Waals surface area contributed by atoms with Crippen LogP contribution in [0, 0.1) is 17.3 Å². The molecule has 0 saturated heterocycles. The number of nitrogens with one attached hydrogen (secondary N) is 1. The van der Waals surface area contributed by atoms with Crippen LogP contribution in [0.4, 0.5) is 0 Å². The van der Waals surface area contributed by atoms with Crippen LogP contribution in [0.25, 0.3) is 0 Å². The Morgan fingerprint density at radius 2 is 2.33 bits per heavy atom. The maximum Gasteiger partial charge on any atom is 0.296 e. The van der Waals surface area contributed by atoms with Gasteiger partial charge in [-0.3, -0.25) is 4.79 Å². The molecule has 0 saturated carbocycles. The molecule has 4 nitrogen and oxygen atoms in total. The normalized spacial score (nSPS) is 16.4. The molecule has 0 aliphatic heterocycles. The number of rotatable bonds is 2. The zero-order valence-corrected chi connectivity index (χ0v) is 11.1. The summed E-state index contributed by atoms with van der Waals surface area (Å²) >= 11 is 0. The molecule has 2 rings (SSSR count). The smallest absolute Gasteiger partial charge is 0.296 e. The van der Waals surface area contributed by atoms with E-state index in [-0.39, 0.29) is 11.3 Å². The average Bonchev–Trinajstić information content (AvgIpc) is 2.68. The van der Waals surface area contributed by atoms with Gasteiger partial charge in [0.25, 0.3) is 5.91 Å². The van der Waals surface area contributed by atoms with Crippen molar-refractivity contribution < 1.29 is 9.32 Å². The Hall–Kier alpha value is -1.76. The lowest BCUT2D eigenvalue weighted by Crippen LogP contribution is -2.25. The lowest BCUT2D eigenvalue weighted by Gasteiger charge is -2.28. The van der Waals surface area contributed by atoms with E-state index in [2.05, 4.69) is 36.2 Å². The first-order valence-electron chi connectivity index (χ1n) is 6.19. The van der Waals surface area contributed by atoms with Crippen LogP contribution in [0.5, 0.6) is 0 Å². The molecule has 0 unspecified atom stereocenters. The molecule has 0 bridgehead atoms. The minimum absolute atomic E-state index is 0.274. The minimum atomic E-state index is -0.274. The predicted molar refractivity (Wildman–Crippen MR) is 67.6 cm³/mol. The van der Waals surface area contributed by atoms with E-state index in [9.17, 15) is 4.79 Å². The quantitative estimate of drug-likeness (QED) is 0.810. The Balaban J connectivity index is 2.09. The molecule has 1 aliphatic rings. The molecule has 0 spiro atoms. The first-order valence-corrected chi connectivity index (χ1v) is 6.19. The fourth-order valence-corrected chi connectivity index (χ4v) is 2.26. The van der Waals surface area contributed by atoms with Crippen LogP contribution >= 0.6 is 0 Å². The Morgan fingerprint density at radius 3 is 3.06 bits per heavy atom. The molecule has 1 amide bonds. The highest BCUT2D eigenvalue weighted by Crippen LogP contribution is 2.36. The molecular weight excluding hydrogens is 228 g/mol. The van der Waals surface area contributed by atoms with Crippen molar-refractivity contribution in [2.24, 2.45) is 5.41 Å². The highest BCUT2D eigenvalue weighted by Gasteiger charge is 2.30. The summed E-state index contributed by atoms with van der Waals surface area (Å²) in [5.74, 6) is 5.71. The van der Waals surface area contributed by atoms with Crippen LogP contribution in [0.15, 0.2) is 4.52 Å². The summed E-state index contributed by atoms with van der Waals surface area (Å²) in [6.07, 6.45) is 3.00. The third-order valence-electron chi connectivity index (χ3n) is 3.29. The summed E-state index contributed by atoms with van der Waals surface area (Å²) < 4.78 is 5.34. The number of hydrogen-bond acceptors (Lipinski definition) is 3. The van der Waals surface area contributed by atoms with Crippen molar-refractivity contribution in [1.29, 1.82) is 0 Å². The molecule has 96 valence electrons. The number of aryl methyl sites for hydroxylation is 1. The number of hydrogen-bond donors (Lipinski definition) is 1. The van der Waals surface area contributed by atoms with Gasteiger partial charge in [-0.1, -0.05) is 24.9 Å². The molecule has 0 atom stereocenters. The molecule has 18 heavy (non-hydrogen) atoms. The molecule has 4 heteroatoms. The topological polar surface area (TPSA) is 55.1 Å². The largest absolute Gasteiger partial charge is 0.361 e. The number of amides is 1. The number of carbonyl (C=O) groups is 1. The number of aromatic nitrogens is 1. The Morgan fingerprint density at radius 1 is 1.56 bits per heavy atom. The molecule has 1 aromatic heterocycles. The standard InChI is InChI=1S/C14H18N2O2/c1-4-5-13(17)15-9-11-10-8-14(2,3)7-6-12(10)18-16-11/h6-9H2,1-3H3,(H,15,17).